The Hall–Kier alpha value is -1.04. The molecular weight excluding hydrogens is 329 g/mol. The van der Waals surface area contributed by atoms with Crippen LogP contribution in [0.15, 0.2) is 28.9 Å². The van der Waals surface area contributed by atoms with Gasteiger partial charge in [-0.15, -0.1) is 0 Å². The number of nitrogens with zero attached hydrogens (tertiary/aromatic N) is 1. The van der Waals surface area contributed by atoms with Crippen LogP contribution in [0.25, 0.3) is 0 Å². The summed E-state index contributed by atoms with van der Waals surface area (Å²) in [5, 5.41) is 3.15. The van der Waals surface area contributed by atoms with Crippen LogP contribution in [-0.4, -0.2) is 15.9 Å². The normalized spacial score (nSPS) is 10.3. The first-order valence-corrected chi connectivity index (χ1v) is 6.08. The predicted octanol–water partition coefficient (Wildman–Crippen LogP) is 3.73. The maximum absolute atomic E-state index is 11.8. The molecule has 2 rings (SSSR count). The summed E-state index contributed by atoms with van der Waals surface area (Å²) in [6.45, 7) is 0. The minimum atomic E-state index is -0.357. The third-order valence-electron chi connectivity index (χ3n) is 1.93. The van der Waals surface area contributed by atoms with Gasteiger partial charge in [-0.05, 0) is 18.2 Å². The molecule has 4 nitrogen and oxygen atoms in total. The molecule has 0 spiro atoms. The molecule has 0 atom stereocenters. The third kappa shape index (κ3) is 3.00. The number of H-pyrrole nitrogens is 1. The van der Waals surface area contributed by atoms with Crippen molar-refractivity contribution in [3.8, 4) is 0 Å². The number of hydrogen-bond acceptors (Lipinski definition) is 2. The second-order valence-corrected chi connectivity index (χ2v) is 4.86. The lowest BCUT2D eigenvalue weighted by Gasteiger charge is -2.02. The summed E-state index contributed by atoms with van der Waals surface area (Å²) in [5.41, 5.74) is 0.279. The summed E-state index contributed by atoms with van der Waals surface area (Å²) in [6.07, 6.45) is 1.58. The van der Waals surface area contributed by atoms with Gasteiger partial charge in [0.1, 0.15) is 16.7 Å². The number of carbonyl (C=O) groups is 1. The molecule has 0 unspecified atom stereocenters. The smallest absolute Gasteiger partial charge is 0.273 e. The molecule has 1 amide bonds. The van der Waals surface area contributed by atoms with Gasteiger partial charge in [-0.3, -0.25) is 4.79 Å². The van der Waals surface area contributed by atoms with Crippen molar-refractivity contribution in [2.45, 2.75) is 0 Å². The maximum atomic E-state index is 11.8. The lowest BCUT2D eigenvalue weighted by Crippen LogP contribution is -2.13. The van der Waals surface area contributed by atoms with Crippen molar-refractivity contribution in [2.24, 2.45) is 0 Å². The highest BCUT2D eigenvalue weighted by Crippen LogP contribution is 2.22. The quantitative estimate of drug-likeness (QED) is 0.879. The highest BCUT2D eigenvalue weighted by molar-refractivity contribution is 9.10. The van der Waals surface area contributed by atoms with E-state index in [1.165, 1.54) is 6.07 Å². The molecule has 7 heteroatoms. The second-order valence-electron chi connectivity index (χ2n) is 3.16. The zero-order chi connectivity index (χ0) is 12.4. The predicted molar refractivity (Wildman–Crippen MR) is 70.7 cm³/mol. The maximum Gasteiger partial charge on any atom is 0.273 e. The Kier molecular flexibility index (Phi) is 3.71. The Labute approximate surface area is 115 Å². The molecule has 0 aliphatic heterocycles. The number of aromatic amines is 1. The average molecular weight is 335 g/mol. The fourth-order valence-electron chi connectivity index (χ4n) is 1.18. The molecule has 2 aromatic rings. The van der Waals surface area contributed by atoms with Gasteiger partial charge in [0.05, 0.1) is 5.02 Å². The molecule has 0 bridgehead atoms. The Morgan fingerprint density at radius 2 is 2.18 bits per heavy atom. The first kappa shape index (κ1) is 12.4. The highest BCUT2D eigenvalue weighted by Gasteiger charge is 2.12. The zero-order valence-electron chi connectivity index (χ0n) is 8.30. The van der Waals surface area contributed by atoms with Crippen LogP contribution in [0.4, 0.5) is 5.82 Å². The summed E-state index contributed by atoms with van der Waals surface area (Å²) < 4.78 is 0.824. The molecule has 0 aliphatic carbocycles. The van der Waals surface area contributed by atoms with Crippen molar-refractivity contribution in [3.05, 3.63) is 44.7 Å². The van der Waals surface area contributed by atoms with Crippen LogP contribution in [0.2, 0.25) is 10.2 Å². The third-order valence-corrected chi connectivity index (χ3v) is 3.12. The number of rotatable bonds is 2. The molecule has 2 N–H and O–H groups in total. The van der Waals surface area contributed by atoms with E-state index in [1.807, 2.05) is 0 Å². The molecule has 0 saturated heterocycles. The number of amides is 1. The fourth-order valence-corrected chi connectivity index (χ4v) is 1.83. The van der Waals surface area contributed by atoms with E-state index in [0.717, 1.165) is 4.47 Å². The van der Waals surface area contributed by atoms with Crippen LogP contribution in [-0.2, 0) is 0 Å². The monoisotopic (exact) mass is 333 g/mol. The summed E-state index contributed by atoms with van der Waals surface area (Å²) in [5.74, 6) is 0.0793. The first-order chi connectivity index (χ1) is 8.06. The summed E-state index contributed by atoms with van der Waals surface area (Å²) >= 11 is 14.7. The largest absolute Gasteiger partial charge is 0.340 e. The van der Waals surface area contributed by atoms with E-state index in [1.54, 1.807) is 18.3 Å². The van der Waals surface area contributed by atoms with Gasteiger partial charge in [-0.1, -0.05) is 39.1 Å². The van der Waals surface area contributed by atoms with E-state index in [9.17, 15) is 4.79 Å². The van der Waals surface area contributed by atoms with Crippen molar-refractivity contribution >= 4 is 50.9 Å². The molecule has 0 aromatic carbocycles. The molecule has 0 fully saturated rings. The molecule has 0 saturated carbocycles. The van der Waals surface area contributed by atoms with E-state index in [4.69, 9.17) is 23.2 Å². The zero-order valence-corrected chi connectivity index (χ0v) is 11.4. The van der Waals surface area contributed by atoms with Gasteiger partial charge in [0.15, 0.2) is 0 Å². The Bertz CT molecular complexity index is 551. The summed E-state index contributed by atoms with van der Waals surface area (Å²) in [4.78, 5) is 18.4. The fraction of sp³-hybridized carbons (Fsp3) is 0. The van der Waals surface area contributed by atoms with Gasteiger partial charge in [0.25, 0.3) is 5.91 Å². The summed E-state index contributed by atoms with van der Waals surface area (Å²) in [6, 6.07) is 4.90. The van der Waals surface area contributed by atoms with Gasteiger partial charge < -0.3 is 10.3 Å². The van der Waals surface area contributed by atoms with Crippen LogP contribution in [0.3, 0.4) is 0 Å². The van der Waals surface area contributed by atoms with Crippen LogP contribution >= 0.6 is 39.1 Å². The molecular formula is C10H6BrCl2N3O. The van der Waals surface area contributed by atoms with E-state index in [0.29, 0.717) is 10.8 Å². The lowest BCUT2D eigenvalue weighted by atomic mass is 10.4. The van der Waals surface area contributed by atoms with E-state index in [-0.39, 0.29) is 16.8 Å². The van der Waals surface area contributed by atoms with Crippen molar-refractivity contribution in [3.63, 3.8) is 0 Å². The van der Waals surface area contributed by atoms with Crippen molar-refractivity contribution in [1.29, 1.82) is 0 Å². The van der Waals surface area contributed by atoms with Crippen LogP contribution < -0.4 is 5.32 Å². The van der Waals surface area contributed by atoms with Crippen molar-refractivity contribution in [2.75, 3.05) is 5.32 Å². The number of pyridine rings is 1. The average Bonchev–Trinajstić information content (AvgIpc) is 2.59. The number of carbonyl (C=O) groups excluding carboxylic acids is 1. The lowest BCUT2D eigenvalue weighted by molar-refractivity contribution is 0.102. The van der Waals surface area contributed by atoms with Gasteiger partial charge in [0.2, 0.25) is 0 Å². The molecule has 2 aromatic heterocycles. The highest BCUT2D eigenvalue weighted by atomic mass is 79.9. The second kappa shape index (κ2) is 5.08. The van der Waals surface area contributed by atoms with Crippen molar-refractivity contribution < 1.29 is 4.79 Å². The van der Waals surface area contributed by atoms with Crippen LogP contribution in [0, 0.1) is 0 Å². The number of halogens is 3. The standard InChI is InChI=1S/C10H6BrCl2N3O/c11-5-1-2-14-8(3-5)16-10(17)7-4-6(12)9(13)15-7/h1-4,15H,(H,14,16,17). The molecule has 0 aliphatic rings. The first-order valence-electron chi connectivity index (χ1n) is 4.53. The minimum Gasteiger partial charge on any atom is -0.340 e. The molecule has 2 heterocycles. The van der Waals surface area contributed by atoms with Gasteiger partial charge in [0, 0.05) is 10.7 Å². The van der Waals surface area contributed by atoms with Gasteiger partial charge >= 0.3 is 0 Å². The van der Waals surface area contributed by atoms with Crippen molar-refractivity contribution in [1.82, 2.24) is 9.97 Å². The molecule has 0 radical (unpaired) electrons. The van der Waals surface area contributed by atoms with E-state index >= 15 is 0 Å². The minimum absolute atomic E-state index is 0.235. The molecule has 88 valence electrons. The number of aromatic nitrogens is 2. The van der Waals surface area contributed by atoms with E-state index in [2.05, 4.69) is 31.2 Å². The topological polar surface area (TPSA) is 57.8 Å². The van der Waals surface area contributed by atoms with Crippen LogP contribution in [0.1, 0.15) is 10.5 Å². The van der Waals surface area contributed by atoms with Gasteiger partial charge in [-0.25, -0.2) is 4.98 Å². The van der Waals surface area contributed by atoms with Gasteiger partial charge in [-0.2, -0.15) is 0 Å². The Morgan fingerprint density at radius 3 is 2.76 bits per heavy atom. The Morgan fingerprint density at radius 1 is 1.41 bits per heavy atom. The number of hydrogen-bond donors (Lipinski definition) is 2. The van der Waals surface area contributed by atoms with E-state index < -0.39 is 0 Å². The van der Waals surface area contributed by atoms with Crippen LogP contribution in [0.5, 0.6) is 0 Å². The summed E-state index contributed by atoms with van der Waals surface area (Å²) in [7, 11) is 0. The number of anilines is 1. The molecule has 17 heavy (non-hydrogen) atoms. The Balaban J connectivity index is 2.17. The number of nitrogens with one attached hydrogen (secondary N) is 2. The SMILES string of the molecule is O=C(Nc1cc(Br)ccn1)c1cc(Cl)c(Cl)[nH]1.